The summed E-state index contributed by atoms with van der Waals surface area (Å²) in [5.41, 5.74) is 3.06. The molecule has 2 aliphatic rings. The predicted octanol–water partition coefficient (Wildman–Crippen LogP) is 6.52. The van der Waals surface area contributed by atoms with E-state index in [-0.39, 0.29) is 12.4 Å². The maximum absolute atomic E-state index is 13.9. The standard InChI is InChI=1S/C30H35Cl3N4O2.CH2O2/c1-21-19-34-37(20-21)28(16-23-4-5-24(31)17-27(23)33)30(38)36-12-8-22(9-13-36)26-7-6-25(32)18-29(26)39-15-14-35-10-2-3-11-35;2-1-3/h4-7,17-20,22,28H,2-3,8-16H2,1H3;1H,(H,2,3). The molecule has 0 aliphatic carbocycles. The molecule has 2 fully saturated rings. The Hall–Kier alpha value is -2.78. The van der Waals surface area contributed by atoms with Crippen LogP contribution in [0.5, 0.6) is 5.75 Å². The highest BCUT2D eigenvalue weighted by molar-refractivity contribution is 6.35. The van der Waals surface area contributed by atoms with Crippen molar-refractivity contribution in [2.75, 3.05) is 39.3 Å². The number of aryl methyl sites for hydroxylation is 1. The lowest BCUT2D eigenvalue weighted by atomic mass is 9.88. The molecular formula is C31H37Cl3N4O4. The van der Waals surface area contributed by atoms with Crippen molar-refractivity contribution in [3.63, 3.8) is 0 Å². The van der Waals surface area contributed by atoms with Crippen molar-refractivity contribution >= 4 is 47.2 Å². The zero-order valence-electron chi connectivity index (χ0n) is 23.7. The van der Waals surface area contributed by atoms with Gasteiger partial charge < -0.3 is 14.7 Å². The summed E-state index contributed by atoms with van der Waals surface area (Å²) in [4.78, 5) is 26.6. The molecule has 1 N–H and O–H groups in total. The molecule has 1 amide bonds. The second kappa shape index (κ2) is 15.6. The van der Waals surface area contributed by atoms with Crippen LogP contribution >= 0.6 is 34.8 Å². The molecule has 2 aliphatic heterocycles. The molecule has 3 heterocycles. The van der Waals surface area contributed by atoms with Gasteiger partial charge in [0.05, 0.1) is 6.20 Å². The highest BCUT2D eigenvalue weighted by Crippen LogP contribution is 2.37. The van der Waals surface area contributed by atoms with Crippen molar-refractivity contribution in [1.29, 1.82) is 0 Å². The van der Waals surface area contributed by atoms with Crippen LogP contribution in [0.1, 0.15) is 54.3 Å². The minimum absolute atomic E-state index is 0.0563. The van der Waals surface area contributed by atoms with Crippen molar-refractivity contribution in [2.24, 2.45) is 0 Å². The number of likely N-dealkylation sites (tertiary alicyclic amines) is 2. The fourth-order valence-electron chi connectivity index (χ4n) is 5.68. The Morgan fingerprint density at radius 3 is 2.38 bits per heavy atom. The summed E-state index contributed by atoms with van der Waals surface area (Å²) in [5.74, 6) is 1.23. The maximum Gasteiger partial charge on any atom is 0.290 e. The number of benzene rings is 2. The molecule has 226 valence electrons. The molecule has 5 rings (SSSR count). The second-order valence-corrected chi connectivity index (χ2v) is 12.0. The Balaban J connectivity index is 0.00000129. The minimum Gasteiger partial charge on any atom is -0.492 e. The van der Waals surface area contributed by atoms with Crippen LogP contribution in [0.25, 0.3) is 0 Å². The number of aromatic nitrogens is 2. The van der Waals surface area contributed by atoms with E-state index < -0.39 is 6.04 Å². The first-order valence-corrected chi connectivity index (χ1v) is 15.4. The third-order valence-electron chi connectivity index (χ3n) is 7.85. The number of rotatable bonds is 9. The van der Waals surface area contributed by atoms with E-state index in [0.717, 1.165) is 49.4 Å². The molecule has 3 aromatic rings. The molecule has 2 aromatic carbocycles. The van der Waals surface area contributed by atoms with Crippen molar-refractivity contribution in [3.8, 4) is 5.75 Å². The number of ether oxygens (including phenoxy) is 1. The van der Waals surface area contributed by atoms with E-state index in [9.17, 15) is 4.79 Å². The third kappa shape index (κ3) is 8.63. The highest BCUT2D eigenvalue weighted by atomic mass is 35.5. The normalized spacial score (nSPS) is 16.5. The second-order valence-electron chi connectivity index (χ2n) is 10.7. The van der Waals surface area contributed by atoms with Gasteiger partial charge in [-0.25, -0.2) is 0 Å². The first-order valence-electron chi connectivity index (χ1n) is 14.2. The Kier molecular flexibility index (Phi) is 12.0. The van der Waals surface area contributed by atoms with Crippen LogP contribution < -0.4 is 4.74 Å². The molecule has 1 aromatic heterocycles. The molecule has 0 spiro atoms. The SMILES string of the molecule is Cc1cnn(C(Cc2ccc(Cl)cc2Cl)C(=O)N2CCC(c3ccc(Cl)cc3OCCN3CCCC3)CC2)c1.O=CO. The van der Waals surface area contributed by atoms with Crippen molar-refractivity contribution in [2.45, 2.75) is 51.0 Å². The van der Waals surface area contributed by atoms with Gasteiger partial charge in [0.15, 0.2) is 0 Å². The maximum atomic E-state index is 13.9. The lowest BCUT2D eigenvalue weighted by Crippen LogP contribution is -2.43. The van der Waals surface area contributed by atoms with Gasteiger partial charge in [-0.1, -0.05) is 46.9 Å². The molecule has 8 nitrogen and oxygen atoms in total. The first kappa shape index (κ1) is 32.1. The van der Waals surface area contributed by atoms with Crippen LogP contribution in [0.15, 0.2) is 48.8 Å². The van der Waals surface area contributed by atoms with E-state index in [4.69, 9.17) is 49.4 Å². The van der Waals surface area contributed by atoms with Gasteiger partial charge in [0.1, 0.15) is 18.4 Å². The zero-order chi connectivity index (χ0) is 30.1. The van der Waals surface area contributed by atoms with E-state index in [1.54, 1.807) is 23.0 Å². The highest BCUT2D eigenvalue weighted by Gasteiger charge is 2.32. The number of carbonyl (C=O) groups excluding carboxylic acids is 1. The molecule has 1 atom stereocenters. The smallest absolute Gasteiger partial charge is 0.290 e. The summed E-state index contributed by atoms with van der Waals surface area (Å²) in [6, 6.07) is 10.9. The summed E-state index contributed by atoms with van der Waals surface area (Å²) in [6.45, 7) is 6.97. The van der Waals surface area contributed by atoms with E-state index in [1.165, 1.54) is 18.4 Å². The fourth-order valence-corrected chi connectivity index (χ4v) is 6.32. The Labute approximate surface area is 262 Å². The third-order valence-corrected chi connectivity index (χ3v) is 8.67. The van der Waals surface area contributed by atoms with Crippen LogP contribution in [-0.2, 0) is 16.0 Å². The van der Waals surface area contributed by atoms with Gasteiger partial charge in [0, 0.05) is 47.3 Å². The summed E-state index contributed by atoms with van der Waals surface area (Å²) in [7, 11) is 0. The number of hydrogen-bond donors (Lipinski definition) is 1. The van der Waals surface area contributed by atoms with Crippen molar-refractivity contribution in [3.05, 3.63) is 80.6 Å². The molecule has 1 unspecified atom stereocenters. The molecule has 0 bridgehead atoms. The fraction of sp³-hybridized carbons (Fsp3) is 0.452. The van der Waals surface area contributed by atoms with Gasteiger partial charge in [-0.2, -0.15) is 5.10 Å². The number of halogens is 3. The average molecular weight is 636 g/mol. The number of nitrogens with zero attached hydrogens (tertiary/aromatic N) is 4. The Morgan fingerprint density at radius 1 is 1.07 bits per heavy atom. The van der Waals surface area contributed by atoms with Gasteiger partial charge in [0.2, 0.25) is 5.91 Å². The molecule has 42 heavy (non-hydrogen) atoms. The van der Waals surface area contributed by atoms with E-state index in [0.29, 0.717) is 47.1 Å². The Morgan fingerprint density at radius 2 is 1.74 bits per heavy atom. The number of piperidine rings is 1. The van der Waals surface area contributed by atoms with Gasteiger partial charge in [-0.3, -0.25) is 19.2 Å². The van der Waals surface area contributed by atoms with Gasteiger partial charge in [-0.05, 0) is 92.6 Å². The number of amides is 1. The van der Waals surface area contributed by atoms with Crippen LogP contribution in [0.3, 0.4) is 0 Å². The summed E-state index contributed by atoms with van der Waals surface area (Å²) in [6.07, 6.45) is 8.41. The van der Waals surface area contributed by atoms with Gasteiger partial charge in [0.25, 0.3) is 6.47 Å². The summed E-state index contributed by atoms with van der Waals surface area (Å²) >= 11 is 18.9. The lowest BCUT2D eigenvalue weighted by molar-refractivity contribution is -0.136. The average Bonchev–Trinajstić information content (AvgIpc) is 3.65. The van der Waals surface area contributed by atoms with Crippen LogP contribution in [0.2, 0.25) is 15.1 Å². The molecule has 11 heteroatoms. The van der Waals surface area contributed by atoms with Crippen molar-refractivity contribution in [1.82, 2.24) is 19.6 Å². The van der Waals surface area contributed by atoms with Gasteiger partial charge in [-0.15, -0.1) is 0 Å². The predicted molar refractivity (Wildman–Crippen MR) is 166 cm³/mol. The lowest BCUT2D eigenvalue weighted by Gasteiger charge is -2.35. The topological polar surface area (TPSA) is 87.9 Å². The van der Waals surface area contributed by atoms with E-state index in [1.807, 2.05) is 36.2 Å². The number of hydrogen-bond acceptors (Lipinski definition) is 5. The number of carboxylic acid groups (broad SMARTS) is 1. The molecule has 0 radical (unpaired) electrons. The quantitative estimate of drug-likeness (QED) is 0.270. The molecule has 2 saturated heterocycles. The molecule has 0 saturated carbocycles. The van der Waals surface area contributed by atoms with Crippen LogP contribution in [-0.4, -0.2) is 76.4 Å². The first-order chi connectivity index (χ1) is 20.3. The van der Waals surface area contributed by atoms with E-state index in [2.05, 4.69) is 16.1 Å². The van der Waals surface area contributed by atoms with Gasteiger partial charge >= 0.3 is 0 Å². The van der Waals surface area contributed by atoms with Crippen LogP contribution in [0, 0.1) is 6.92 Å². The molecular weight excluding hydrogens is 599 g/mol. The zero-order valence-corrected chi connectivity index (χ0v) is 26.0. The minimum atomic E-state index is -0.478. The Bertz CT molecular complexity index is 1340. The van der Waals surface area contributed by atoms with Crippen LogP contribution in [0.4, 0.5) is 0 Å². The summed E-state index contributed by atoms with van der Waals surface area (Å²) in [5, 5.41) is 13.2. The number of carbonyl (C=O) groups is 2. The van der Waals surface area contributed by atoms with E-state index >= 15 is 0 Å². The monoisotopic (exact) mass is 634 g/mol. The largest absolute Gasteiger partial charge is 0.492 e. The summed E-state index contributed by atoms with van der Waals surface area (Å²) < 4.78 is 8.02. The van der Waals surface area contributed by atoms with Crippen molar-refractivity contribution < 1.29 is 19.4 Å².